The number of carbonyl (C=O) groups is 1. The van der Waals surface area contributed by atoms with Crippen LogP contribution in [-0.4, -0.2) is 57.9 Å². The van der Waals surface area contributed by atoms with Crippen LogP contribution in [0.3, 0.4) is 0 Å². The lowest BCUT2D eigenvalue weighted by molar-refractivity contribution is -0.195. The first kappa shape index (κ1) is 25.0. The van der Waals surface area contributed by atoms with Crippen LogP contribution in [0.15, 0.2) is 30.3 Å². The van der Waals surface area contributed by atoms with E-state index in [9.17, 15) is 41.7 Å². The van der Waals surface area contributed by atoms with Crippen LogP contribution in [0, 0.1) is 21.0 Å². The summed E-state index contributed by atoms with van der Waals surface area (Å²) >= 11 is 1.85. The SMILES string of the molecule is O=C(O)C1(O)C(O)CCN1C1(S(=O)(=O)Nc2ccc(F)c(F)c2Nc2ccc(I)cc2F)CC1. The number of carboxylic acids is 1. The second-order valence-electron chi connectivity index (χ2n) is 8.07. The molecule has 0 bridgehead atoms. The molecule has 2 aromatic carbocycles. The third-order valence-corrected chi connectivity index (χ3v) is 8.81. The largest absolute Gasteiger partial charge is 0.478 e. The smallest absolute Gasteiger partial charge is 0.354 e. The number of anilines is 3. The Kier molecular flexibility index (Phi) is 6.25. The van der Waals surface area contributed by atoms with E-state index in [2.05, 4.69) is 10.0 Å². The highest BCUT2D eigenvalue weighted by Crippen LogP contribution is 2.52. The molecule has 9 nitrogen and oxygen atoms in total. The Bertz CT molecular complexity index is 1280. The Morgan fingerprint density at radius 1 is 1.12 bits per heavy atom. The van der Waals surface area contributed by atoms with Crippen molar-refractivity contribution in [1.29, 1.82) is 0 Å². The zero-order valence-corrected chi connectivity index (χ0v) is 20.2. The Morgan fingerprint density at radius 3 is 2.35 bits per heavy atom. The van der Waals surface area contributed by atoms with Crippen molar-refractivity contribution in [2.75, 3.05) is 16.6 Å². The molecule has 2 aliphatic rings. The van der Waals surface area contributed by atoms with Crippen LogP contribution in [-0.2, 0) is 14.8 Å². The van der Waals surface area contributed by atoms with Crippen LogP contribution in [0.5, 0.6) is 0 Å². The molecule has 14 heteroatoms. The van der Waals surface area contributed by atoms with Crippen molar-refractivity contribution in [2.45, 2.75) is 36.0 Å². The Hall–Kier alpha value is -2.14. The fourth-order valence-corrected chi connectivity index (χ4v) is 6.35. The molecule has 184 valence electrons. The number of nitrogens with zero attached hydrogens (tertiary/aromatic N) is 1. The summed E-state index contributed by atoms with van der Waals surface area (Å²) in [6.07, 6.45) is -2.09. The maximum atomic E-state index is 14.7. The van der Waals surface area contributed by atoms with Crippen molar-refractivity contribution in [1.82, 2.24) is 4.90 Å². The van der Waals surface area contributed by atoms with E-state index >= 15 is 0 Å². The number of nitrogens with one attached hydrogen (secondary N) is 2. The topological polar surface area (TPSA) is 139 Å². The van der Waals surface area contributed by atoms with Gasteiger partial charge in [0.1, 0.15) is 22.5 Å². The van der Waals surface area contributed by atoms with Crippen molar-refractivity contribution in [3.63, 3.8) is 0 Å². The van der Waals surface area contributed by atoms with E-state index in [1.54, 1.807) is 0 Å². The molecule has 1 saturated carbocycles. The van der Waals surface area contributed by atoms with Gasteiger partial charge in [-0.3, -0.25) is 4.72 Å². The fraction of sp³-hybridized carbons (Fsp3) is 0.350. The Labute approximate surface area is 205 Å². The maximum absolute atomic E-state index is 14.7. The number of likely N-dealkylation sites (tertiary alicyclic amines) is 1. The number of halogens is 4. The lowest BCUT2D eigenvalue weighted by atomic mass is 10.1. The Balaban J connectivity index is 1.71. The number of aliphatic hydroxyl groups excluding tert-OH is 1. The highest BCUT2D eigenvalue weighted by atomic mass is 127. The summed E-state index contributed by atoms with van der Waals surface area (Å²) < 4.78 is 72.3. The molecular formula is C20H19F3IN3O6S. The van der Waals surface area contributed by atoms with Crippen LogP contribution in [0.1, 0.15) is 19.3 Å². The van der Waals surface area contributed by atoms with Gasteiger partial charge in [0, 0.05) is 10.1 Å². The summed E-state index contributed by atoms with van der Waals surface area (Å²) in [5.74, 6) is -5.40. The lowest BCUT2D eigenvalue weighted by Crippen LogP contribution is -2.63. The average Bonchev–Trinajstić information content (AvgIpc) is 3.51. The molecule has 34 heavy (non-hydrogen) atoms. The molecule has 1 aliphatic carbocycles. The zero-order valence-electron chi connectivity index (χ0n) is 17.2. The summed E-state index contributed by atoms with van der Waals surface area (Å²) in [6.45, 7) is -0.234. The van der Waals surface area contributed by atoms with Gasteiger partial charge in [-0.15, -0.1) is 0 Å². The van der Waals surface area contributed by atoms with E-state index in [1.807, 2.05) is 22.6 Å². The third-order valence-electron chi connectivity index (χ3n) is 6.02. The lowest BCUT2D eigenvalue weighted by Gasteiger charge is -2.37. The molecule has 1 saturated heterocycles. The van der Waals surface area contributed by atoms with Crippen molar-refractivity contribution in [3.05, 3.63) is 51.4 Å². The monoisotopic (exact) mass is 613 g/mol. The normalized spacial score (nSPS) is 24.1. The molecule has 4 rings (SSSR count). The molecule has 5 N–H and O–H groups in total. The van der Waals surface area contributed by atoms with Crippen molar-refractivity contribution in [3.8, 4) is 0 Å². The summed E-state index contributed by atoms with van der Waals surface area (Å²) in [4.78, 5) is 10.6. The van der Waals surface area contributed by atoms with E-state index in [4.69, 9.17) is 0 Å². The van der Waals surface area contributed by atoms with Gasteiger partial charge >= 0.3 is 5.97 Å². The fourth-order valence-electron chi connectivity index (χ4n) is 4.09. The van der Waals surface area contributed by atoms with Gasteiger partial charge in [-0.05, 0) is 72.2 Å². The van der Waals surface area contributed by atoms with Gasteiger partial charge in [0.25, 0.3) is 10.0 Å². The quantitative estimate of drug-likeness (QED) is 0.301. The van der Waals surface area contributed by atoms with Crippen LogP contribution in [0.4, 0.5) is 30.2 Å². The van der Waals surface area contributed by atoms with Crippen molar-refractivity contribution in [2.24, 2.45) is 0 Å². The zero-order chi connectivity index (χ0) is 25.1. The van der Waals surface area contributed by atoms with Crippen LogP contribution in [0.2, 0.25) is 0 Å². The molecule has 2 unspecified atom stereocenters. The summed E-state index contributed by atoms with van der Waals surface area (Å²) in [5, 5.41) is 32.5. The minimum Gasteiger partial charge on any atom is -0.478 e. The van der Waals surface area contributed by atoms with E-state index in [-0.39, 0.29) is 31.5 Å². The number of hydrogen-bond donors (Lipinski definition) is 5. The molecule has 2 aromatic rings. The van der Waals surface area contributed by atoms with Gasteiger partial charge < -0.3 is 20.6 Å². The van der Waals surface area contributed by atoms with Gasteiger partial charge in [-0.1, -0.05) is 0 Å². The van der Waals surface area contributed by atoms with E-state index in [0.717, 1.165) is 17.0 Å². The molecule has 0 spiro atoms. The van der Waals surface area contributed by atoms with Gasteiger partial charge in [0.05, 0.1) is 11.4 Å². The van der Waals surface area contributed by atoms with Gasteiger partial charge in [-0.25, -0.2) is 31.3 Å². The predicted molar refractivity (Wildman–Crippen MR) is 123 cm³/mol. The average molecular weight is 613 g/mol. The van der Waals surface area contributed by atoms with Crippen LogP contribution < -0.4 is 10.0 Å². The maximum Gasteiger partial charge on any atom is 0.354 e. The van der Waals surface area contributed by atoms with Gasteiger partial charge in [0.2, 0.25) is 5.72 Å². The predicted octanol–water partition coefficient (Wildman–Crippen LogP) is 2.52. The second-order valence-corrected chi connectivity index (χ2v) is 11.3. The second kappa shape index (κ2) is 8.51. The molecule has 1 aliphatic heterocycles. The molecule has 2 atom stereocenters. The third kappa shape index (κ3) is 3.90. The van der Waals surface area contributed by atoms with Gasteiger partial charge in [-0.2, -0.15) is 0 Å². The highest BCUT2D eigenvalue weighted by Gasteiger charge is 2.69. The first-order valence-corrected chi connectivity index (χ1v) is 12.5. The molecule has 0 amide bonds. The number of carboxylic acid groups (broad SMARTS) is 1. The van der Waals surface area contributed by atoms with E-state index in [0.29, 0.717) is 9.64 Å². The van der Waals surface area contributed by atoms with Crippen LogP contribution in [0.25, 0.3) is 0 Å². The van der Waals surface area contributed by atoms with Crippen molar-refractivity contribution < 1.29 is 41.7 Å². The number of benzene rings is 2. The number of hydrogen-bond acceptors (Lipinski definition) is 7. The summed E-state index contributed by atoms with van der Waals surface area (Å²) in [5.41, 5.74) is -4.23. The Morgan fingerprint density at radius 2 is 1.76 bits per heavy atom. The summed E-state index contributed by atoms with van der Waals surface area (Å²) in [6, 6.07) is 5.50. The van der Waals surface area contributed by atoms with Crippen molar-refractivity contribution >= 4 is 55.6 Å². The van der Waals surface area contributed by atoms with Gasteiger partial charge in [0.15, 0.2) is 11.6 Å². The van der Waals surface area contributed by atoms with E-state index < -0.39 is 61.5 Å². The molecule has 0 radical (unpaired) electrons. The number of rotatable bonds is 7. The number of sulfonamides is 1. The molecule has 2 fully saturated rings. The molecular weight excluding hydrogens is 594 g/mol. The number of aliphatic hydroxyl groups is 2. The minimum absolute atomic E-state index is 0.0805. The molecule has 0 aromatic heterocycles. The first-order valence-electron chi connectivity index (χ1n) is 9.97. The highest BCUT2D eigenvalue weighted by molar-refractivity contribution is 14.1. The molecule has 1 heterocycles. The standard InChI is InChI=1S/C20H19F3IN3O6S/c21-11-2-4-14(17(16(11)23)25-13-3-1-10(24)9-12(13)22)26-34(32,33)19(6-7-19)27-8-5-15(28)20(27,31)18(29)30/h1-4,9,15,25-26,28,31H,5-8H2,(H,29,30). The minimum atomic E-state index is -4.56. The first-order chi connectivity index (χ1) is 15.8. The van der Waals surface area contributed by atoms with E-state index in [1.165, 1.54) is 12.1 Å². The summed E-state index contributed by atoms with van der Waals surface area (Å²) in [7, 11) is -4.56. The number of aliphatic carboxylic acids is 1. The van der Waals surface area contributed by atoms with Crippen LogP contribution >= 0.6 is 22.6 Å².